The minimum atomic E-state index is 0.00124. The number of hydrogen-bond acceptors (Lipinski definition) is 3. The van der Waals surface area contributed by atoms with Crippen LogP contribution in [0.25, 0.3) is 22.4 Å². The highest BCUT2D eigenvalue weighted by Gasteiger charge is 2.52. The number of fused-ring (bicyclic) bond motifs is 1. The molecule has 2 amide bonds. The highest BCUT2D eigenvalue weighted by Crippen LogP contribution is 2.56. The molecule has 0 atom stereocenters. The molecule has 6 heteroatoms. The van der Waals surface area contributed by atoms with Crippen molar-refractivity contribution in [2.45, 2.75) is 88.1 Å². The van der Waals surface area contributed by atoms with Crippen LogP contribution in [0.5, 0.6) is 0 Å². The number of carbonyl (C=O) groups is 2. The Hall–Kier alpha value is -3.15. The van der Waals surface area contributed by atoms with Crippen molar-refractivity contribution in [3.05, 3.63) is 53.6 Å². The van der Waals surface area contributed by atoms with Gasteiger partial charge < -0.3 is 15.6 Å². The SMILES string of the molecule is O=C(NC12CC3CC(CC(C3)C1)C2)c1ccc(-c2nc3cc(C(=O)NC45CC6CC(CC(C6)C4)C5)ccc3[nH]2)cc1. The zero-order chi connectivity index (χ0) is 27.3. The standard InChI is InChI=1S/C35H40N4O2/c40-32(38-34-14-20-7-21(15-34)9-22(8-20)16-34)27-3-1-26(2-4-27)31-36-29-6-5-28(13-30(29)37-31)33(41)39-35-17-23-10-24(18-35)12-25(11-23)19-35/h1-6,13,20-25H,7-12,14-19H2,(H,36,37)(H,38,40)(H,39,41). The Morgan fingerprint density at radius 3 is 1.56 bits per heavy atom. The van der Waals surface area contributed by atoms with Crippen LogP contribution in [0.4, 0.5) is 0 Å². The summed E-state index contributed by atoms with van der Waals surface area (Å²) in [5, 5.41) is 6.98. The molecule has 8 saturated carbocycles. The Morgan fingerprint density at radius 1 is 0.634 bits per heavy atom. The lowest BCUT2D eigenvalue weighted by atomic mass is 9.53. The first-order chi connectivity index (χ1) is 19.9. The van der Waals surface area contributed by atoms with E-state index >= 15 is 0 Å². The highest BCUT2D eigenvalue weighted by atomic mass is 16.2. The number of rotatable bonds is 5. The summed E-state index contributed by atoms with van der Waals surface area (Å²) in [5.41, 5.74) is 4.06. The lowest BCUT2D eigenvalue weighted by Crippen LogP contribution is -2.59. The molecule has 0 radical (unpaired) electrons. The van der Waals surface area contributed by atoms with Crippen LogP contribution in [0.2, 0.25) is 0 Å². The summed E-state index contributed by atoms with van der Waals surface area (Å²) in [5.74, 6) is 5.66. The number of nitrogens with zero attached hydrogens (tertiary/aromatic N) is 1. The van der Waals surface area contributed by atoms with E-state index in [0.717, 1.165) is 96.5 Å². The maximum Gasteiger partial charge on any atom is 0.251 e. The molecule has 3 N–H and O–H groups in total. The molecule has 8 bridgehead atoms. The monoisotopic (exact) mass is 548 g/mol. The Labute approximate surface area is 241 Å². The van der Waals surface area contributed by atoms with Crippen molar-refractivity contribution in [3.8, 4) is 11.4 Å². The molecule has 2 aromatic carbocycles. The lowest BCUT2D eigenvalue weighted by molar-refractivity contribution is -0.0171. The molecule has 0 aliphatic heterocycles. The number of imidazole rings is 1. The van der Waals surface area contributed by atoms with E-state index < -0.39 is 0 Å². The first-order valence-electron chi connectivity index (χ1n) is 16.1. The van der Waals surface area contributed by atoms with Gasteiger partial charge in [0.05, 0.1) is 11.0 Å². The van der Waals surface area contributed by atoms with E-state index in [-0.39, 0.29) is 22.9 Å². The van der Waals surface area contributed by atoms with Crippen molar-refractivity contribution in [1.29, 1.82) is 0 Å². The van der Waals surface area contributed by atoms with E-state index in [1.54, 1.807) is 0 Å². The van der Waals surface area contributed by atoms with Crippen molar-refractivity contribution in [2.24, 2.45) is 35.5 Å². The average molecular weight is 549 g/mol. The first kappa shape index (κ1) is 24.4. The second-order valence-corrected chi connectivity index (χ2v) is 15.2. The van der Waals surface area contributed by atoms with Gasteiger partial charge in [-0.1, -0.05) is 12.1 Å². The van der Waals surface area contributed by atoms with Gasteiger partial charge in [-0.15, -0.1) is 0 Å². The first-order valence-corrected chi connectivity index (χ1v) is 16.1. The highest BCUT2D eigenvalue weighted by molar-refractivity contribution is 5.98. The van der Waals surface area contributed by atoms with Crippen molar-refractivity contribution in [3.63, 3.8) is 0 Å². The number of carbonyl (C=O) groups excluding carboxylic acids is 2. The Kier molecular flexibility index (Phi) is 5.18. The zero-order valence-corrected chi connectivity index (χ0v) is 23.8. The molecule has 0 spiro atoms. The normalized spacial score (nSPS) is 38.0. The summed E-state index contributed by atoms with van der Waals surface area (Å²) in [6, 6.07) is 13.6. The molecule has 212 valence electrons. The van der Waals surface area contributed by atoms with E-state index in [1.165, 1.54) is 38.5 Å². The van der Waals surface area contributed by atoms with Gasteiger partial charge in [0.15, 0.2) is 0 Å². The van der Waals surface area contributed by atoms with Crippen LogP contribution in [0.3, 0.4) is 0 Å². The fraction of sp³-hybridized carbons (Fsp3) is 0.571. The molecule has 11 rings (SSSR count). The molecule has 6 nitrogen and oxygen atoms in total. The predicted octanol–water partition coefficient (Wildman–Crippen LogP) is 6.63. The van der Waals surface area contributed by atoms with Crippen molar-refractivity contribution in [2.75, 3.05) is 0 Å². The second-order valence-electron chi connectivity index (χ2n) is 15.2. The van der Waals surface area contributed by atoms with Gasteiger partial charge in [-0.2, -0.15) is 0 Å². The van der Waals surface area contributed by atoms with E-state index in [9.17, 15) is 9.59 Å². The lowest BCUT2D eigenvalue weighted by Gasteiger charge is -2.56. The van der Waals surface area contributed by atoms with Crippen LogP contribution in [-0.4, -0.2) is 32.9 Å². The van der Waals surface area contributed by atoms with E-state index in [1.807, 2.05) is 42.5 Å². The zero-order valence-electron chi connectivity index (χ0n) is 23.8. The molecule has 8 aliphatic rings. The van der Waals surface area contributed by atoms with Gasteiger partial charge in [0, 0.05) is 27.8 Å². The van der Waals surface area contributed by atoms with Gasteiger partial charge in [-0.05, 0) is 143 Å². The third-order valence-corrected chi connectivity index (χ3v) is 12.0. The van der Waals surface area contributed by atoms with Crippen LogP contribution in [0.15, 0.2) is 42.5 Å². The van der Waals surface area contributed by atoms with Gasteiger partial charge in [0.25, 0.3) is 11.8 Å². The molecular weight excluding hydrogens is 508 g/mol. The number of H-pyrrole nitrogens is 1. The summed E-state index contributed by atoms with van der Waals surface area (Å²) in [7, 11) is 0. The number of amides is 2. The van der Waals surface area contributed by atoms with Crippen LogP contribution < -0.4 is 10.6 Å². The molecule has 8 aliphatic carbocycles. The van der Waals surface area contributed by atoms with Crippen molar-refractivity contribution < 1.29 is 9.59 Å². The third-order valence-electron chi connectivity index (χ3n) is 12.0. The largest absolute Gasteiger partial charge is 0.347 e. The summed E-state index contributed by atoms with van der Waals surface area (Å²) in [6.07, 6.45) is 15.1. The minimum Gasteiger partial charge on any atom is -0.347 e. The molecule has 1 heterocycles. The van der Waals surface area contributed by atoms with Crippen LogP contribution >= 0.6 is 0 Å². The summed E-state index contributed by atoms with van der Waals surface area (Å²) in [4.78, 5) is 34.9. The number of aromatic amines is 1. The van der Waals surface area contributed by atoms with Gasteiger partial charge in [-0.3, -0.25) is 9.59 Å². The molecule has 3 aromatic rings. The molecule has 8 fully saturated rings. The second kappa shape index (κ2) is 8.68. The minimum absolute atomic E-state index is 0.00124. The fourth-order valence-corrected chi connectivity index (χ4v) is 11.2. The summed E-state index contributed by atoms with van der Waals surface area (Å²) in [6.45, 7) is 0. The van der Waals surface area contributed by atoms with E-state index in [4.69, 9.17) is 4.98 Å². The maximum absolute atomic E-state index is 13.4. The Bertz CT molecular complexity index is 1480. The molecule has 1 aromatic heterocycles. The number of hydrogen-bond donors (Lipinski definition) is 3. The molecule has 0 saturated heterocycles. The number of aromatic nitrogens is 2. The van der Waals surface area contributed by atoms with Crippen molar-refractivity contribution in [1.82, 2.24) is 20.6 Å². The Morgan fingerprint density at radius 2 is 1.07 bits per heavy atom. The van der Waals surface area contributed by atoms with Gasteiger partial charge >= 0.3 is 0 Å². The van der Waals surface area contributed by atoms with Crippen LogP contribution in [-0.2, 0) is 0 Å². The smallest absolute Gasteiger partial charge is 0.251 e. The number of nitrogens with one attached hydrogen (secondary N) is 3. The third kappa shape index (κ3) is 4.15. The molecular formula is C35H40N4O2. The number of benzene rings is 2. The van der Waals surface area contributed by atoms with Gasteiger partial charge in [-0.25, -0.2) is 4.98 Å². The quantitative estimate of drug-likeness (QED) is 0.335. The van der Waals surface area contributed by atoms with E-state index in [0.29, 0.717) is 11.1 Å². The maximum atomic E-state index is 13.4. The topological polar surface area (TPSA) is 86.9 Å². The molecule has 0 unspecified atom stereocenters. The summed E-state index contributed by atoms with van der Waals surface area (Å²) >= 11 is 0. The summed E-state index contributed by atoms with van der Waals surface area (Å²) < 4.78 is 0. The van der Waals surface area contributed by atoms with Gasteiger partial charge in [0.2, 0.25) is 0 Å². The van der Waals surface area contributed by atoms with Gasteiger partial charge in [0.1, 0.15) is 5.82 Å². The Balaban J connectivity index is 0.903. The predicted molar refractivity (Wildman–Crippen MR) is 158 cm³/mol. The fourth-order valence-electron chi connectivity index (χ4n) is 11.2. The van der Waals surface area contributed by atoms with E-state index in [2.05, 4.69) is 15.6 Å². The van der Waals surface area contributed by atoms with Crippen molar-refractivity contribution >= 4 is 22.8 Å². The van der Waals surface area contributed by atoms with Crippen LogP contribution in [0.1, 0.15) is 97.8 Å². The average Bonchev–Trinajstić information content (AvgIpc) is 3.35. The van der Waals surface area contributed by atoms with Crippen LogP contribution in [0, 0.1) is 35.5 Å². The molecule has 41 heavy (non-hydrogen) atoms.